The van der Waals surface area contributed by atoms with E-state index in [0.29, 0.717) is 6.04 Å². The van der Waals surface area contributed by atoms with Gasteiger partial charge in [0.25, 0.3) is 0 Å². The molecular formula is C18H24N2S. The summed E-state index contributed by atoms with van der Waals surface area (Å²) in [6.07, 6.45) is 7.22. The molecule has 2 nitrogen and oxygen atoms in total. The maximum absolute atomic E-state index is 4.40. The summed E-state index contributed by atoms with van der Waals surface area (Å²) in [5.74, 6) is 1.68. The van der Waals surface area contributed by atoms with Crippen LogP contribution in [-0.4, -0.2) is 11.0 Å². The highest BCUT2D eigenvalue weighted by atomic mass is 32.1. The van der Waals surface area contributed by atoms with Crippen molar-refractivity contribution in [3.8, 4) is 10.6 Å². The summed E-state index contributed by atoms with van der Waals surface area (Å²) in [5, 5.41) is 6.88. The average molecular weight is 300 g/mol. The number of aromatic nitrogens is 1. The van der Waals surface area contributed by atoms with E-state index in [-0.39, 0.29) is 0 Å². The highest BCUT2D eigenvalue weighted by Gasteiger charge is 2.23. The number of anilines is 1. The molecule has 1 heterocycles. The van der Waals surface area contributed by atoms with Crippen molar-refractivity contribution in [3.05, 3.63) is 35.8 Å². The van der Waals surface area contributed by atoms with Crippen molar-refractivity contribution in [1.29, 1.82) is 0 Å². The zero-order valence-corrected chi connectivity index (χ0v) is 13.7. The number of nitrogens with zero attached hydrogens (tertiary/aromatic N) is 1. The first-order valence-electron chi connectivity index (χ1n) is 7.99. The van der Waals surface area contributed by atoms with Gasteiger partial charge in [-0.05, 0) is 36.8 Å². The Kier molecular flexibility index (Phi) is 4.59. The largest absolute Gasteiger partial charge is 0.382 e. The van der Waals surface area contributed by atoms with E-state index >= 15 is 0 Å². The van der Waals surface area contributed by atoms with Gasteiger partial charge in [-0.2, -0.15) is 0 Å². The van der Waals surface area contributed by atoms with E-state index in [1.54, 1.807) is 11.3 Å². The molecule has 21 heavy (non-hydrogen) atoms. The van der Waals surface area contributed by atoms with Gasteiger partial charge in [0.05, 0.1) is 0 Å². The molecule has 0 aliphatic heterocycles. The Bertz CT molecular complexity index is 562. The van der Waals surface area contributed by atoms with E-state index in [9.17, 15) is 0 Å². The van der Waals surface area contributed by atoms with Crippen LogP contribution in [0.15, 0.2) is 35.8 Å². The highest BCUT2D eigenvalue weighted by molar-refractivity contribution is 7.13. The van der Waals surface area contributed by atoms with Crippen molar-refractivity contribution in [3.63, 3.8) is 0 Å². The zero-order valence-electron chi connectivity index (χ0n) is 12.9. The lowest BCUT2D eigenvalue weighted by Gasteiger charge is -2.32. The molecule has 1 fully saturated rings. The summed E-state index contributed by atoms with van der Waals surface area (Å²) in [4.78, 5) is 4.40. The number of hydrogen-bond acceptors (Lipinski definition) is 3. The average Bonchev–Trinajstić information content (AvgIpc) is 3.02. The summed E-state index contributed by atoms with van der Waals surface area (Å²) >= 11 is 1.70. The maximum atomic E-state index is 4.40. The first-order chi connectivity index (χ1) is 10.2. The van der Waals surface area contributed by atoms with E-state index in [4.69, 9.17) is 0 Å². The minimum Gasteiger partial charge on any atom is -0.382 e. The quantitative estimate of drug-likeness (QED) is 0.813. The second-order valence-electron chi connectivity index (χ2n) is 6.43. The molecule has 0 bridgehead atoms. The van der Waals surface area contributed by atoms with Gasteiger partial charge in [-0.3, -0.25) is 0 Å². The van der Waals surface area contributed by atoms with Gasteiger partial charge in [-0.15, -0.1) is 11.3 Å². The molecule has 1 N–H and O–H groups in total. The Morgan fingerprint density at radius 2 is 2.19 bits per heavy atom. The van der Waals surface area contributed by atoms with Crippen LogP contribution >= 0.6 is 11.3 Å². The molecule has 3 rings (SSSR count). The highest BCUT2D eigenvalue weighted by Crippen LogP contribution is 2.32. The molecular weight excluding hydrogens is 276 g/mol. The van der Waals surface area contributed by atoms with Gasteiger partial charge < -0.3 is 5.32 Å². The van der Waals surface area contributed by atoms with Crippen molar-refractivity contribution in [2.75, 3.05) is 5.32 Å². The summed E-state index contributed by atoms with van der Waals surface area (Å²) in [5.41, 5.74) is 2.45. The maximum Gasteiger partial charge on any atom is 0.123 e. The second-order valence-corrected chi connectivity index (χ2v) is 7.32. The van der Waals surface area contributed by atoms with Gasteiger partial charge in [0.1, 0.15) is 5.01 Å². The molecule has 3 heteroatoms. The molecule has 1 aliphatic rings. The fourth-order valence-corrected chi connectivity index (χ4v) is 3.94. The van der Waals surface area contributed by atoms with E-state index < -0.39 is 0 Å². The number of thiazole rings is 1. The lowest BCUT2D eigenvalue weighted by atomic mass is 9.79. The van der Waals surface area contributed by atoms with Crippen LogP contribution in [0.5, 0.6) is 0 Å². The lowest BCUT2D eigenvalue weighted by molar-refractivity contribution is 0.264. The van der Waals surface area contributed by atoms with Gasteiger partial charge >= 0.3 is 0 Å². The molecule has 1 aliphatic carbocycles. The van der Waals surface area contributed by atoms with Crippen LogP contribution in [0.4, 0.5) is 5.69 Å². The second kappa shape index (κ2) is 6.61. The van der Waals surface area contributed by atoms with Crippen molar-refractivity contribution in [2.24, 2.45) is 11.8 Å². The molecule has 0 saturated heterocycles. The monoisotopic (exact) mass is 300 g/mol. The van der Waals surface area contributed by atoms with Crippen LogP contribution in [0, 0.1) is 11.8 Å². The Labute approximate surface area is 131 Å². The van der Waals surface area contributed by atoms with Gasteiger partial charge in [0.15, 0.2) is 0 Å². The molecule has 1 aromatic heterocycles. The third-order valence-corrected chi connectivity index (χ3v) is 5.39. The summed E-state index contributed by atoms with van der Waals surface area (Å²) in [6, 6.07) is 9.30. The van der Waals surface area contributed by atoms with Gasteiger partial charge in [0, 0.05) is 28.9 Å². The SMILES string of the molecule is CC(C)C1CCCC(Nc2cccc(-c3nccs3)c2)C1. The molecule has 0 radical (unpaired) electrons. The van der Waals surface area contributed by atoms with E-state index in [1.165, 1.54) is 36.9 Å². The van der Waals surface area contributed by atoms with Crippen LogP contribution in [0.3, 0.4) is 0 Å². The van der Waals surface area contributed by atoms with Crippen molar-refractivity contribution >= 4 is 17.0 Å². The normalized spacial score (nSPS) is 22.4. The van der Waals surface area contributed by atoms with Gasteiger partial charge in [0.2, 0.25) is 0 Å². The molecule has 112 valence electrons. The van der Waals surface area contributed by atoms with Crippen LogP contribution in [0.1, 0.15) is 39.5 Å². The molecule has 0 amide bonds. The Morgan fingerprint density at radius 1 is 1.29 bits per heavy atom. The molecule has 1 aromatic carbocycles. The summed E-state index contributed by atoms with van der Waals surface area (Å²) in [7, 11) is 0. The number of nitrogens with one attached hydrogen (secondary N) is 1. The third kappa shape index (κ3) is 3.65. The van der Waals surface area contributed by atoms with Crippen molar-refractivity contribution in [1.82, 2.24) is 4.98 Å². The number of benzene rings is 1. The van der Waals surface area contributed by atoms with E-state index in [1.807, 2.05) is 11.6 Å². The van der Waals surface area contributed by atoms with Crippen molar-refractivity contribution in [2.45, 2.75) is 45.6 Å². The summed E-state index contributed by atoms with van der Waals surface area (Å²) < 4.78 is 0. The molecule has 1 saturated carbocycles. The Hall–Kier alpha value is -1.35. The number of rotatable bonds is 4. The Morgan fingerprint density at radius 3 is 2.95 bits per heavy atom. The number of hydrogen-bond donors (Lipinski definition) is 1. The van der Waals surface area contributed by atoms with Crippen LogP contribution in [0.25, 0.3) is 10.6 Å². The predicted octanol–water partition coefficient (Wildman–Crippen LogP) is 5.44. The third-order valence-electron chi connectivity index (χ3n) is 4.57. The van der Waals surface area contributed by atoms with Gasteiger partial charge in [-0.1, -0.05) is 38.8 Å². The molecule has 2 atom stereocenters. The molecule has 2 unspecified atom stereocenters. The smallest absolute Gasteiger partial charge is 0.123 e. The van der Waals surface area contributed by atoms with E-state index in [2.05, 4.69) is 48.4 Å². The van der Waals surface area contributed by atoms with Crippen LogP contribution < -0.4 is 5.32 Å². The standard InChI is InChI=1S/C18H24N2S/c1-13(2)14-5-3-7-16(11-14)20-17-8-4-6-15(12-17)18-19-9-10-21-18/h4,6,8-10,12-14,16,20H,3,5,7,11H2,1-2H3. The fraction of sp³-hybridized carbons (Fsp3) is 0.500. The van der Waals surface area contributed by atoms with E-state index in [0.717, 1.165) is 16.8 Å². The molecule has 0 spiro atoms. The summed E-state index contributed by atoms with van der Waals surface area (Å²) in [6.45, 7) is 4.71. The first-order valence-corrected chi connectivity index (χ1v) is 8.87. The minimum absolute atomic E-state index is 0.623. The van der Waals surface area contributed by atoms with Crippen LogP contribution in [-0.2, 0) is 0 Å². The first kappa shape index (κ1) is 14.6. The fourth-order valence-electron chi connectivity index (χ4n) is 3.31. The predicted molar refractivity (Wildman–Crippen MR) is 91.8 cm³/mol. The van der Waals surface area contributed by atoms with Crippen LogP contribution in [0.2, 0.25) is 0 Å². The lowest BCUT2D eigenvalue weighted by Crippen LogP contribution is -2.29. The minimum atomic E-state index is 0.623. The topological polar surface area (TPSA) is 24.9 Å². The zero-order chi connectivity index (χ0) is 14.7. The Balaban J connectivity index is 1.69. The van der Waals surface area contributed by atoms with Crippen molar-refractivity contribution < 1.29 is 0 Å². The molecule has 2 aromatic rings. The van der Waals surface area contributed by atoms with Gasteiger partial charge in [-0.25, -0.2) is 4.98 Å².